The van der Waals surface area contributed by atoms with Gasteiger partial charge in [0.25, 0.3) is 0 Å². The van der Waals surface area contributed by atoms with Crippen LogP contribution in [0.15, 0.2) is 12.2 Å². The molecule has 0 unspecified atom stereocenters. The molecule has 0 aromatic rings. The standard InChI is InChI=1S/C8H14O4S/c1-4-6-7(3)8(9)12-13(10,11)5-2/h3-6H2,1-2H3. The molecule has 0 rings (SSSR count). The van der Waals surface area contributed by atoms with E-state index in [9.17, 15) is 13.2 Å². The summed E-state index contributed by atoms with van der Waals surface area (Å²) in [5.74, 6) is -1.05. The lowest BCUT2D eigenvalue weighted by atomic mass is 10.2. The second-order valence-electron chi connectivity index (χ2n) is 2.57. The van der Waals surface area contributed by atoms with Gasteiger partial charge in [0.2, 0.25) is 0 Å². The molecule has 76 valence electrons. The molecule has 0 fully saturated rings. The molecule has 0 saturated carbocycles. The van der Waals surface area contributed by atoms with Crippen LogP contribution in [0.3, 0.4) is 0 Å². The van der Waals surface area contributed by atoms with Crippen molar-refractivity contribution in [2.45, 2.75) is 26.7 Å². The molecule has 0 aliphatic heterocycles. The third-order valence-electron chi connectivity index (χ3n) is 1.40. The third-order valence-corrected chi connectivity index (χ3v) is 2.51. The van der Waals surface area contributed by atoms with Gasteiger partial charge in [-0.1, -0.05) is 19.9 Å². The number of hydrogen-bond acceptors (Lipinski definition) is 4. The van der Waals surface area contributed by atoms with E-state index in [1.807, 2.05) is 6.92 Å². The van der Waals surface area contributed by atoms with Gasteiger partial charge >= 0.3 is 16.1 Å². The van der Waals surface area contributed by atoms with Crippen LogP contribution in [0.5, 0.6) is 0 Å². The minimum atomic E-state index is -3.69. The molecule has 0 aliphatic rings. The largest absolute Gasteiger partial charge is 0.349 e. The highest BCUT2D eigenvalue weighted by Crippen LogP contribution is 2.06. The first-order chi connectivity index (χ1) is 5.93. The monoisotopic (exact) mass is 206 g/mol. The fraction of sp³-hybridized carbons (Fsp3) is 0.625. The first-order valence-corrected chi connectivity index (χ1v) is 5.65. The summed E-state index contributed by atoms with van der Waals surface area (Å²) in [6.07, 6.45) is 1.19. The molecule has 4 nitrogen and oxygen atoms in total. The van der Waals surface area contributed by atoms with Crippen molar-refractivity contribution < 1.29 is 17.4 Å². The van der Waals surface area contributed by atoms with Crippen molar-refractivity contribution in [2.24, 2.45) is 0 Å². The first kappa shape index (κ1) is 12.2. The van der Waals surface area contributed by atoms with E-state index in [2.05, 4.69) is 10.8 Å². The number of carbonyl (C=O) groups is 1. The Bertz CT molecular complexity index is 289. The van der Waals surface area contributed by atoms with Crippen molar-refractivity contribution >= 4 is 16.1 Å². The average molecular weight is 206 g/mol. The summed E-state index contributed by atoms with van der Waals surface area (Å²) < 4.78 is 25.9. The molecule has 0 atom stereocenters. The topological polar surface area (TPSA) is 60.4 Å². The molecule has 0 radical (unpaired) electrons. The van der Waals surface area contributed by atoms with Crippen LogP contribution in [0.4, 0.5) is 0 Å². The van der Waals surface area contributed by atoms with Crippen molar-refractivity contribution in [3.05, 3.63) is 12.2 Å². The number of carbonyl (C=O) groups excluding carboxylic acids is 1. The predicted octanol–water partition coefficient (Wildman–Crippen LogP) is 1.24. The SMILES string of the molecule is C=C(CCC)C(=O)OS(=O)(=O)CC. The van der Waals surface area contributed by atoms with E-state index >= 15 is 0 Å². The average Bonchev–Trinajstić information content (AvgIpc) is 2.04. The van der Waals surface area contributed by atoms with Crippen LogP contribution in [0.1, 0.15) is 26.7 Å². The lowest BCUT2D eigenvalue weighted by molar-refractivity contribution is -0.129. The summed E-state index contributed by atoms with van der Waals surface area (Å²) in [4.78, 5) is 11.0. The van der Waals surface area contributed by atoms with Crippen molar-refractivity contribution in [2.75, 3.05) is 5.75 Å². The lowest BCUT2D eigenvalue weighted by Gasteiger charge is -2.04. The van der Waals surface area contributed by atoms with E-state index in [0.29, 0.717) is 6.42 Å². The van der Waals surface area contributed by atoms with Gasteiger partial charge in [0.05, 0.1) is 5.75 Å². The van der Waals surface area contributed by atoms with Crippen molar-refractivity contribution in [1.82, 2.24) is 0 Å². The zero-order valence-electron chi connectivity index (χ0n) is 7.87. The molecule has 0 heterocycles. The summed E-state index contributed by atoms with van der Waals surface area (Å²) >= 11 is 0. The van der Waals surface area contributed by atoms with Gasteiger partial charge < -0.3 is 4.18 Å². The summed E-state index contributed by atoms with van der Waals surface area (Å²) in [6, 6.07) is 0. The molecular weight excluding hydrogens is 192 g/mol. The maximum Gasteiger partial charge on any atom is 0.349 e. The summed E-state index contributed by atoms with van der Waals surface area (Å²) in [5, 5.41) is 0. The molecule has 0 amide bonds. The quantitative estimate of drug-likeness (QED) is 0.501. The maximum absolute atomic E-state index is 11.0. The third kappa shape index (κ3) is 4.67. The molecule has 0 aliphatic carbocycles. The summed E-state index contributed by atoms with van der Waals surface area (Å²) in [6.45, 7) is 6.70. The Balaban J connectivity index is 4.24. The molecule has 0 aromatic heterocycles. The second kappa shape index (κ2) is 5.01. The Labute approximate surface area is 78.7 Å². The normalized spacial score (nSPS) is 10.9. The zero-order chi connectivity index (χ0) is 10.5. The first-order valence-electron chi connectivity index (χ1n) is 4.07. The number of hydrogen-bond donors (Lipinski definition) is 0. The smallest absolute Gasteiger partial charge is 0.342 e. The molecule has 0 N–H and O–H groups in total. The van der Waals surface area contributed by atoms with Crippen molar-refractivity contribution in [3.63, 3.8) is 0 Å². The van der Waals surface area contributed by atoms with Gasteiger partial charge in [-0.3, -0.25) is 0 Å². The highest BCUT2D eigenvalue weighted by Gasteiger charge is 2.16. The van der Waals surface area contributed by atoms with Gasteiger partial charge in [0, 0.05) is 5.57 Å². The molecule has 5 heteroatoms. The molecule has 13 heavy (non-hydrogen) atoms. The molecule has 0 saturated heterocycles. The van der Waals surface area contributed by atoms with Crippen LogP contribution in [0, 0.1) is 0 Å². The summed E-state index contributed by atoms with van der Waals surface area (Å²) in [7, 11) is -3.69. The van der Waals surface area contributed by atoms with E-state index in [1.54, 1.807) is 0 Å². The zero-order valence-corrected chi connectivity index (χ0v) is 8.69. The minimum absolute atomic E-state index is 0.194. The molecular formula is C8H14O4S. The Morgan fingerprint density at radius 2 is 1.92 bits per heavy atom. The Morgan fingerprint density at radius 3 is 2.31 bits per heavy atom. The van der Waals surface area contributed by atoms with E-state index < -0.39 is 16.1 Å². The Hall–Kier alpha value is -0.840. The van der Waals surface area contributed by atoms with Gasteiger partial charge in [-0.25, -0.2) is 4.79 Å². The van der Waals surface area contributed by atoms with E-state index in [4.69, 9.17) is 0 Å². The van der Waals surface area contributed by atoms with Crippen molar-refractivity contribution in [1.29, 1.82) is 0 Å². The predicted molar refractivity (Wildman–Crippen MR) is 49.6 cm³/mol. The second-order valence-corrected chi connectivity index (χ2v) is 4.43. The van der Waals surface area contributed by atoms with Gasteiger partial charge in [-0.2, -0.15) is 8.42 Å². The Kier molecular flexibility index (Phi) is 4.69. The highest BCUT2D eigenvalue weighted by molar-refractivity contribution is 7.87. The van der Waals surface area contributed by atoms with Crippen LogP contribution in [0.2, 0.25) is 0 Å². The van der Waals surface area contributed by atoms with Crippen LogP contribution >= 0.6 is 0 Å². The van der Waals surface area contributed by atoms with Crippen LogP contribution < -0.4 is 0 Å². The van der Waals surface area contributed by atoms with Crippen LogP contribution in [-0.4, -0.2) is 20.1 Å². The van der Waals surface area contributed by atoms with Gasteiger partial charge in [-0.15, -0.1) is 0 Å². The van der Waals surface area contributed by atoms with Crippen LogP contribution in [-0.2, 0) is 19.1 Å². The fourth-order valence-electron chi connectivity index (χ4n) is 0.637. The van der Waals surface area contributed by atoms with E-state index in [-0.39, 0.29) is 11.3 Å². The van der Waals surface area contributed by atoms with E-state index in [1.165, 1.54) is 6.92 Å². The van der Waals surface area contributed by atoms with Crippen LogP contribution in [0.25, 0.3) is 0 Å². The molecule has 0 spiro atoms. The Morgan fingerprint density at radius 1 is 1.38 bits per heavy atom. The highest BCUT2D eigenvalue weighted by atomic mass is 32.2. The maximum atomic E-state index is 11.0. The van der Waals surface area contributed by atoms with Gasteiger partial charge in [-0.05, 0) is 13.3 Å². The minimum Gasteiger partial charge on any atom is -0.342 e. The fourth-order valence-corrected chi connectivity index (χ4v) is 1.10. The molecule has 0 bridgehead atoms. The van der Waals surface area contributed by atoms with E-state index in [0.717, 1.165) is 6.42 Å². The van der Waals surface area contributed by atoms with Gasteiger partial charge in [0.15, 0.2) is 0 Å². The lowest BCUT2D eigenvalue weighted by Crippen LogP contribution is -2.15. The number of rotatable bonds is 5. The summed E-state index contributed by atoms with van der Waals surface area (Å²) in [5.41, 5.74) is 0.194. The molecule has 0 aromatic carbocycles. The van der Waals surface area contributed by atoms with Crippen molar-refractivity contribution in [3.8, 4) is 0 Å². The van der Waals surface area contributed by atoms with Gasteiger partial charge in [0.1, 0.15) is 0 Å².